The third-order valence-corrected chi connectivity index (χ3v) is 6.22. The van der Waals surface area contributed by atoms with Crippen LogP contribution in [-0.2, 0) is 29.6 Å². The van der Waals surface area contributed by atoms with Gasteiger partial charge in [-0.2, -0.15) is 4.31 Å². The van der Waals surface area contributed by atoms with E-state index in [-0.39, 0.29) is 28.9 Å². The van der Waals surface area contributed by atoms with Crippen molar-refractivity contribution in [1.82, 2.24) is 4.31 Å². The molecule has 1 aromatic carbocycles. The van der Waals surface area contributed by atoms with Crippen LogP contribution >= 0.6 is 11.6 Å². The molecule has 0 fully saturated rings. The Labute approximate surface area is 138 Å². The Bertz CT molecular complexity index is 853. The van der Waals surface area contributed by atoms with Gasteiger partial charge < -0.3 is 10.1 Å². The summed E-state index contributed by atoms with van der Waals surface area (Å²) in [5, 5.41) is 7.57. The monoisotopic (exact) mass is 383 g/mol. The van der Waals surface area contributed by atoms with Crippen molar-refractivity contribution in [1.29, 1.82) is 0 Å². The molecular weight excluding hydrogens is 370 g/mol. The van der Waals surface area contributed by atoms with Crippen LogP contribution in [0.25, 0.3) is 0 Å². The number of nitrogens with two attached hydrogens (primary N) is 1. The van der Waals surface area contributed by atoms with Crippen molar-refractivity contribution in [3.8, 4) is 0 Å². The van der Waals surface area contributed by atoms with E-state index in [1.165, 1.54) is 0 Å². The Kier molecular flexibility index (Phi) is 4.87. The van der Waals surface area contributed by atoms with Crippen molar-refractivity contribution in [3.63, 3.8) is 0 Å². The van der Waals surface area contributed by atoms with E-state index in [9.17, 15) is 21.6 Å². The standard InChI is InChI=1S/C11H14ClN3O6S2/c1-2-21-11(16)5-15-6-14-8-3-7(12)9(22(13,17)18)4-10(8)23(15,19)20/h3-4,14H,2,5-6H2,1H3,(H2,13,17,18). The predicted molar refractivity (Wildman–Crippen MR) is 81.8 cm³/mol. The molecule has 0 atom stereocenters. The second kappa shape index (κ2) is 6.24. The first-order valence-electron chi connectivity index (χ1n) is 6.33. The quantitative estimate of drug-likeness (QED) is 0.694. The number of nitrogens with zero attached hydrogens (tertiary/aromatic N) is 1. The third-order valence-electron chi connectivity index (χ3n) is 3.02. The van der Waals surface area contributed by atoms with Gasteiger partial charge in [0.1, 0.15) is 16.3 Å². The maximum atomic E-state index is 12.5. The van der Waals surface area contributed by atoms with Gasteiger partial charge in [0.2, 0.25) is 20.0 Å². The topological polar surface area (TPSA) is 136 Å². The van der Waals surface area contributed by atoms with Gasteiger partial charge in [0, 0.05) is 0 Å². The minimum absolute atomic E-state index is 0.113. The summed E-state index contributed by atoms with van der Waals surface area (Å²) in [5.74, 6) is -0.720. The van der Waals surface area contributed by atoms with Crippen molar-refractivity contribution < 1.29 is 26.4 Å². The van der Waals surface area contributed by atoms with E-state index in [4.69, 9.17) is 21.5 Å². The second-order valence-electron chi connectivity index (χ2n) is 4.58. The first-order valence-corrected chi connectivity index (χ1v) is 9.69. The molecule has 0 saturated heterocycles. The number of rotatable bonds is 4. The van der Waals surface area contributed by atoms with Crippen molar-refractivity contribution in [3.05, 3.63) is 17.2 Å². The van der Waals surface area contributed by atoms with E-state index in [0.29, 0.717) is 0 Å². The number of fused-ring (bicyclic) bond motifs is 1. The highest BCUT2D eigenvalue weighted by atomic mass is 35.5. The summed E-state index contributed by atoms with van der Waals surface area (Å²) in [6.07, 6.45) is 0. The van der Waals surface area contributed by atoms with E-state index >= 15 is 0 Å². The van der Waals surface area contributed by atoms with Crippen molar-refractivity contribution in [2.75, 3.05) is 25.1 Å². The second-order valence-corrected chi connectivity index (χ2v) is 8.42. The van der Waals surface area contributed by atoms with Gasteiger partial charge in [0.25, 0.3) is 0 Å². The van der Waals surface area contributed by atoms with Gasteiger partial charge in [-0.05, 0) is 19.1 Å². The predicted octanol–water partition coefficient (Wildman–Crippen LogP) is -0.0758. The molecule has 0 aliphatic carbocycles. The molecule has 2 rings (SSSR count). The summed E-state index contributed by atoms with van der Waals surface area (Å²) >= 11 is 5.82. The van der Waals surface area contributed by atoms with Crippen LogP contribution in [0, 0.1) is 0 Å². The Morgan fingerprint density at radius 3 is 2.70 bits per heavy atom. The lowest BCUT2D eigenvalue weighted by Crippen LogP contribution is -2.43. The van der Waals surface area contributed by atoms with Crippen molar-refractivity contribution in [2.45, 2.75) is 16.7 Å². The van der Waals surface area contributed by atoms with E-state index < -0.39 is 37.5 Å². The summed E-state index contributed by atoms with van der Waals surface area (Å²) in [6.45, 7) is 1.02. The van der Waals surface area contributed by atoms with Crippen molar-refractivity contribution in [2.24, 2.45) is 5.14 Å². The van der Waals surface area contributed by atoms with Crippen LogP contribution in [0.4, 0.5) is 5.69 Å². The zero-order valence-corrected chi connectivity index (χ0v) is 14.3. The molecule has 128 valence electrons. The van der Waals surface area contributed by atoms with E-state index in [1.807, 2.05) is 0 Å². The van der Waals surface area contributed by atoms with E-state index in [1.54, 1.807) is 6.92 Å². The number of nitrogens with one attached hydrogen (secondary N) is 1. The fourth-order valence-corrected chi connectivity index (χ4v) is 4.63. The fourth-order valence-electron chi connectivity index (χ4n) is 1.99. The maximum absolute atomic E-state index is 12.5. The molecule has 12 heteroatoms. The Balaban J connectivity index is 2.49. The number of carbonyl (C=O) groups excluding carboxylic acids is 1. The lowest BCUT2D eigenvalue weighted by Gasteiger charge is -2.29. The van der Waals surface area contributed by atoms with Crippen LogP contribution in [0.1, 0.15) is 6.92 Å². The molecule has 0 aromatic heterocycles. The molecule has 1 aromatic rings. The van der Waals surface area contributed by atoms with Crippen molar-refractivity contribution >= 4 is 43.3 Å². The van der Waals surface area contributed by atoms with Crippen LogP contribution in [0.5, 0.6) is 0 Å². The molecule has 0 saturated carbocycles. The minimum atomic E-state index is -4.20. The molecular formula is C11H14ClN3O6S2. The first-order chi connectivity index (χ1) is 10.6. The third kappa shape index (κ3) is 3.58. The normalized spacial score (nSPS) is 17.2. The van der Waals surface area contributed by atoms with Gasteiger partial charge in [-0.1, -0.05) is 11.6 Å². The lowest BCUT2D eigenvalue weighted by molar-refractivity contribution is -0.143. The number of anilines is 1. The van der Waals surface area contributed by atoms with E-state index in [2.05, 4.69) is 5.32 Å². The SMILES string of the molecule is CCOC(=O)CN1CNc2cc(Cl)c(S(N)(=O)=O)cc2S1(=O)=O. The molecule has 0 radical (unpaired) electrons. The van der Waals surface area contributed by atoms with Gasteiger partial charge in [-0.15, -0.1) is 0 Å². The molecule has 1 heterocycles. The summed E-state index contributed by atoms with van der Waals surface area (Å²) in [5.41, 5.74) is 0.127. The summed E-state index contributed by atoms with van der Waals surface area (Å²) < 4.78 is 53.6. The number of esters is 1. The molecule has 3 N–H and O–H groups in total. The van der Waals surface area contributed by atoms with Crippen LogP contribution in [0.15, 0.2) is 21.9 Å². The maximum Gasteiger partial charge on any atom is 0.321 e. The highest BCUT2D eigenvalue weighted by Crippen LogP contribution is 2.35. The first kappa shape index (κ1) is 17.9. The molecule has 0 bridgehead atoms. The average Bonchev–Trinajstić information content (AvgIpc) is 2.40. The molecule has 0 unspecified atom stereocenters. The highest BCUT2D eigenvalue weighted by molar-refractivity contribution is 7.90. The average molecular weight is 384 g/mol. The molecule has 1 aliphatic heterocycles. The smallest absolute Gasteiger partial charge is 0.321 e. The number of benzene rings is 1. The number of sulfonamides is 2. The summed E-state index contributed by atoms with van der Waals surface area (Å²) in [7, 11) is -8.31. The zero-order valence-electron chi connectivity index (χ0n) is 11.9. The largest absolute Gasteiger partial charge is 0.465 e. The molecule has 0 amide bonds. The van der Waals surface area contributed by atoms with Gasteiger partial charge >= 0.3 is 5.97 Å². The molecule has 1 aliphatic rings. The molecule has 23 heavy (non-hydrogen) atoms. The molecule has 9 nitrogen and oxygen atoms in total. The lowest BCUT2D eigenvalue weighted by atomic mass is 10.3. The van der Waals surface area contributed by atoms with Gasteiger partial charge in [-0.25, -0.2) is 22.0 Å². The minimum Gasteiger partial charge on any atom is -0.465 e. The Morgan fingerprint density at radius 1 is 1.48 bits per heavy atom. The zero-order chi connectivity index (χ0) is 17.4. The number of hydrogen-bond donors (Lipinski definition) is 2. The van der Waals surface area contributed by atoms with E-state index in [0.717, 1.165) is 16.4 Å². The Hall–Kier alpha value is -1.40. The number of primary sulfonamides is 1. The Morgan fingerprint density at radius 2 is 2.13 bits per heavy atom. The number of hydrogen-bond acceptors (Lipinski definition) is 7. The highest BCUT2D eigenvalue weighted by Gasteiger charge is 2.35. The van der Waals surface area contributed by atoms with Crippen LogP contribution in [0.3, 0.4) is 0 Å². The fraction of sp³-hybridized carbons (Fsp3) is 0.364. The summed E-state index contributed by atoms with van der Waals surface area (Å²) in [4.78, 5) is 10.7. The van der Waals surface area contributed by atoms with Crippen LogP contribution < -0.4 is 10.5 Å². The van der Waals surface area contributed by atoms with Crippen LogP contribution in [-0.4, -0.2) is 46.9 Å². The van der Waals surface area contributed by atoms with Gasteiger partial charge in [-0.3, -0.25) is 4.79 Å². The number of ether oxygens (including phenoxy) is 1. The van der Waals surface area contributed by atoms with Gasteiger partial charge in [0.15, 0.2) is 0 Å². The number of halogens is 1. The van der Waals surface area contributed by atoms with Gasteiger partial charge in [0.05, 0.1) is 24.0 Å². The summed E-state index contributed by atoms with van der Waals surface area (Å²) in [6, 6.07) is 2.03. The van der Waals surface area contributed by atoms with Crippen LogP contribution in [0.2, 0.25) is 5.02 Å². The molecule has 0 spiro atoms. The number of carbonyl (C=O) groups is 1.